The van der Waals surface area contributed by atoms with Crippen molar-refractivity contribution in [2.45, 2.75) is 58.4 Å². The van der Waals surface area contributed by atoms with Crippen LogP contribution in [-0.2, 0) is 6.42 Å². The van der Waals surface area contributed by atoms with Crippen molar-refractivity contribution in [2.24, 2.45) is 0 Å². The van der Waals surface area contributed by atoms with Gasteiger partial charge in [-0.3, -0.25) is 0 Å². The Morgan fingerprint density at radius 1 is 1.40 bits per heavy atom. The molecule has 1 aliphatic heterocycles. The van der Waals surface area contributed by atoms with Crippen LogP contribution in [0.1, 0.15) is 62.0 Å². The third-order valence-corrected chi connectivity index (χ3v) is 4.01. The number of pyridine rings is 1. The van der Waals surface area contributed by atoms with Crippen LogP contribution in [0.2, 0.25) is 0 Å². The van der Waals surface area contributed by atoms with Gasteiger partial charge in [0.05, 0.1) is 5.56 Å². The molecule has 0 spiro atoms. The molecule has 2 rings (SSSR count). The first-order chi connectivity index (χ1) is 9.65. The van der Waals surface area contributed by atoms with Crippen molar-refractivity contribution < 1.29 is 9.90 Å². The van der Waals surface area contributed by atoms with E-state index in [1.54, 1.807) is 12.1 Å². The van der Waals surface area contributed by atoms with Crippen LogP contribution < -0.4 is 4.90 Å². The summed E-state index contributed by atoms with van der Waals surface area (Å²) in [6.07, 6.45) is 6.50. The van der Waals surface area contributed by atoms with E-state index in [0.717, 1.165) is 37.3 Å². The zero-order valence-electron chi connectivity index (χ0n) is 12.4. The zero-order chi connectivity index (χ0) is 14.5. The summed E-state index contributed by atoms with van der Waals surface area (Å²) in [5, 5.41) is 9.28. The summed E-state index contributed by atoms with van der Waals surface area (Å²) in [6, 6.07) is 3.94. The van der Waals surface area contributed by atoms with Crippen LogP contribution in [0.15, 0.2) is 12.1 Å². The molecule has 110 valence electrons. The molecular weight excluding hydrogens is 252 g/mol. The van der Waals surface area contributed by atoms with Crippen molar-refractivity contribution >= 4 is 11.8 Å². The lowest BCUT2D eigenvalue weighted by Gasteiger charge is -2.36. The van der Waals surface area contributed by atoms with Gasteiger partial charge >= 0.3 is 5.97 Å². The molecule has 1 atom stereocenters. The third kappa shape index (κ3) is 3.30. The lowest BCUT2D eigenvalue weighted by Crippen LogP contribution is -2.39. The Balaban J connectivity index is 2.35. The number of hydrogen-bond acceptors (Lipinski definition) is 3. The maximum atomic E-state index is 11.3. The standard InChI is InChI=1S/C16H24N2O2/c1-3-7-13-10-12(16(19)20)11-15(17-13)18-9-6-5-8-14(18)4-2/h10-11,14H,3-9H2,1-2H3,(H,19,20). The fourth-order valence-electron chi connectivity index (χ4n) is 2.95. The molecule has 4 nitrogen and oxygen atoms in total. The fraction of sp³-hybridized carbons (Fsp3) is 0.625. The first-order valence-electron chi connectivity index (χ1n) is 7.66. The van der Waals surface area contributed by atoms with Crippen molar-refractivity contribution in [1.29, 1.82) is 0 Å². The van der Waals surface area contributed by atoms with Crippen LogP contribution in [0.3, 0.4) is 0 Å². The molecule has 0 aromatic carbocycles. The Morgan fingerprint density at radius 3 is 2.85 bits per heavy atom. The molecule has 1 aliphatic rings. The normalized spacial score (nSPS) is 19.1. The highest BCUT2D eigenvalue weighted by Crippen LogP contribution is 2.26. The second-order valence-corrected chi connectivity index (χ2v) is 5.51. The molecule has 0 bridgehead atoms. The molecule has 2 heterocycles. The van der Waals surface area contributed by atoms with Crippen molar-refractivity contribution in [1.82, 2.24) is 4.98 Å². The van der Waals surface area contributed by atoms with Gasteiger partial charge in [0.15, 0.2) is 0 Å². The van der Waals surface area contributed by atoms with Gasteiger partial charge < -0.3 is 10.0 Å². The quantitative estimate of drug-likeness (QED) is 0.894. The minimum Gasteiger partial charge on any atom is -0.478 e. The van der Waals surface area contributed by atoms with E-state index < -0.39 is 5.97 Å². The largest absolute Gasteiger partial charge is 0.478 e. The van der Waals surface area contributed by atoms with E-state index in [2.05, 4.69) is 18.7 Å². The lowest BCUT2D eigenvalue weighted by molar-refractivity contribution is 0.0696. The minimum absolute atomic E-state index is 0.360. The lowest BCUT2D eigenvalue weighted by atomic mass is 9.99. The molecule has 0 amide bonds. The van der Waals surface area contributed by atoms with Gasteiger partial charge in [-0.2, -0.15) is 0 Å². The highest BCUT2D eigenvalue weighted by Gasteiger charge is 2.23. The number of hydrogen-bond donors (Lipinski definition) is 1. The van der Waals surface area contributed by atoms with E-state index in [1.165, 1.54) is 19.3 Å². The predicted molar refractivity (Wildman–Crippen MR) is 80.5 cm³/mol. The monoisotopic (exact) mass is 276 g/mol. The van der Waals surface area contributed by atoms with Crippen molar-refractivity contribution in [3.63, 3.8) is 0 Å². The Labute approximate surface area is 120 Å². The smallest absolute Gasteiger partial charge is 0.335 e. The fourth-order valence-corrected chi connectivity index (χ4v) is 2.95. The number of piperidine rings is 1. The van der Waals surface area contributed by atoms with E-state index in [1.807, 2.05) is 0 Å². The molecule has 4 heteroatoms. The van der Waals surface area contributed by atoms with E-state index in [9.17, 15) is 9.90 Å². The highest BCUT2D eigenvalue weighted by atomic mass is 16.4. The van der Waals surface area contributed by atoms with Gasteiger partial charge in [-0.15, -0.1) is 0 Å². The molecule has 0 aliphatic carbocycles. The van der Waals surface area contributed by atoms with Gasteiger partial charge in [0.1, 0.15) is 5.82 Å². The van der Waals surface area contributed by atoms with Crippen LogP contribution in [0.4, 0.5) is 5.82 Å². The molecule has 20 heavy (non-hydrogen) atoms. The van der Waals surface area contributed by atoms with Crippen molar-refractivity contribution in [3.05, 3.63) is 23.4 Å². The van der Waals surface area contributed by atoms with Gasteiger partial charge in [0.2, 0.25) is 0 Å². The van der Waals surface area contributed by atoms with Crippen LogP contribution in [0.25, 0.3) is 0 Å². The van der Waals surface area contributed by atoms with Gasteiger partial charge in [-0.1, -0.05) is 20.3 Å². The van der Waals surface area contributed by atoms with E-state index >= 15 is 0 Å². The Bertz CT molecular complexity index is 474. The molecule has 0 radical (unpaired) electrons. The number of carboxylic acid groups (broad SMARTS) is 1. The topological polar surface area (TPSA) is 53.4 Å². The van der Waals surface area contributed by atoms with Gasteiger partial charge in [-0.05, 0) is 44.2 Å². The Morgan fingerprint density at radius 2 is 2.20 bits per heavy atom. The van der Waals surface area contributed by atoms with Crippen molar-refractivity contribution in [2.75, 3.05) is 11.4 Å². The molecule has 1 aromatic rings. The average molecular weight is 276 g/mol. The van der Waals surface area contributed by atoms with Gasteiger partial charge in [-0.25, -0.2) is 9.78 Å². The first kappa shape index (κ1) is 14.8. The number of aromatic nitrogens is 1. The summed E-state index contributed by atoms with van der Waals surface area (Å²) in [7, 11) is 0. The van der Waals surface area contributed by atoms with Crippen LogP contribution in [0.5, 0.6) is 0 Å². The number of carbonyl (C=O) groups is 1. The molecule has 1 N–H and O–H groups in total. The molecule has 1 fully saturated rings. The van der Waals surface area contributed by atoms with E-state index in [4.69, 9.17) is 4.98 Å². The van der Waals surface area contributed by atoms with E-state index in [0.29, 0.717) is 11.6 Å². The first-order valence-corrected chi connectivity index (χ1v) is 7.66. The maximum Gasteiger partial charge on any atom is 0.335 e. The van der Waals surface area contributed by atoms with Crippen LogP contribution >= 0.6 is 0 Å². The summed E-state index contributed by atoms with van der Waals surface area (Å²) in [6.45, 7) is 5.27. The molecule has 1 unspecified atom stereocenters. The number of carboxylic acids is 1. The second kappa shape index (κ2) is 6.73. The average Bonchev–Trinajstić information content (AvgIpc) is 2.47. The highest BCUT2D eigenvalue weighted by molar-refractivity contribution is 5.88. The summed E-state index contributed by atoms with van der Waals surface area (Å²) < 4.78 is 0. The Hall–Kier alpha value is -1.58. The number of aryl methyl sites for hydroxylation is 1. The summed E-state index contributed by atoms with van der Waals surface area (Å²) in [5.41, 5.74) is 1.25. The van der Waals surface area contributed by atoms with Gasteiger partial charge in [0.25, 0.3) is 0 Å². The van der Waals surface area contributed by atoms with Crippen molar-refractivity contribution in [3.8, 4) is 0 Å². The summed E-state index contributed by atoms with van der Waals surface area (Å²) in [5.74, 6) is -0.0176. The maximum absolute atomic E-state index is 11.3. The Kier molecular flexibility index (Phi) is 4.99. The van der Waals surface area contributed by atoms with Gasteiger partial charge in [0, 0.05) is 18.3 Å². The molecule has 1 saturated heterocycles. The third-order valence-electron chi connectivity index (χ3n) is 4.01. The van der Waals surface area contributed by atoms with Crippen LogP contribution in [0, 0.1) is 0 Å². The number of anilines is 1. The van der Waals surface area contributed by atoms with E-state index in [-0.39, 0.29) is 0 Å². The summed E-state index contributed by atoms with van der Waals surface area (Å²) >= 11 is 0. The second-order valence-electron chi connectivity index (χ2n) is 5.51. The molecule has 0 saturated carbocycles. The molecular formula is C16H24N2O2. The predicted octanol–water partition coefficient (Wildman–Crippen LogP) is 3.50. The minimum atomic E-state index is -0.865. The number of rotatable bonds is 5. The SMILES string of the molecule is CCCc1cc(C(=O)O)cc(N2CCCCC2CC)n1. The number of nitrogens with zero attached hydrogens (tertiary/aromatic N) is 2. The zero-order valence-corrected chi connectivity index (χ0v) is 12.4. The summed E-state index contributed by atoms with van der Waals surface area (Å²) in [4.78, 5) is 18.3. The molecule has 1 aromatic heterocycles. The number of aromatic carboxylic acids is 1. The van der Waals surface area contributed by atoms with Crippen LogP contribution in [-0.4, -0.2) is 28.6 Å².